The Bertz CT molecular complexity index is 396. The van der Waals surface area contributed by atoms with Crippen LogP contribution in [0.25, 0.3) is 0 Å². The first-order valence-electron chi connectivity index (χ1n) is 6.06. The quantitative estimate of drug-likeness (QED) is 0.556. The molecule has 0 radical (unpaired) electrons. The second-order valence-electron chi connectivity index (χ2n) is 3.89. The van der Waals surface area contributed by atoms with Crippen LogP contribution < -0.4 is 10.6 Å². The highest BCUT2D eigenvalue weighted by Gasteiger charge is 2.10. The van der Waals surface area contributed by atoms with Gasteiger partial charge in [-0.25, -0.2) is 14.8 Å². The molecule has 1 heterocycles. The molecule has 0 aliphatic rings. The van der Waals surface area contributed by atoms with Gasteiger partial charge in [0, 0.05) is 24.8 Å². The van der Waals surface area contributed by atoms with Gasteiger partial charge < -0.3 is 15.4 Å². The summed E-state index contributed by atoms with van der Waals surface area (Å²) in [6.07, 6.45) is 1.11. The first-order valence-corrected chi connectivity index (χ1v) is 6.06. The molecule has 0 saturated carbocycles. The van der Waals surface area contributed by atoms with E-state index in [1.54, 1.807) is 6.07 Å². The van der Waals surface area contributed by atoms with E-state index >= 15 is 0 Å². The minimum absolute atomic E-state index is 0.0847. The summed E-state index contributed by atoms with van der Waals surface area (Å²) in [6.45, 7) is 6.53. The standard InChI is InChI=1S/C12H20N4O2/c1-4-5-13-6-7-14-10-8-9(2)15-11(16-10)12(17)18-3/h8,13H,4-7H2,1-3H3,(H,14,15,16). The summed E-state index contributed by atoms with van der Waals surface area (Å²) in [7, 11) is 1.32. The number of hydrogen-bond acceptors (Lipinski definition) is 6. The molecule has 0 aromatic carbocycles. The molecule has 0 saturated heterocycles. The van der Waals surface area contributed by atoms with Gasteiger partial charge in [0.1, 0.15) is 5.82 Å². The van der Waals surface area contributed by atoms with Gasteiger partial charge in [0.15, 0.2) is 0 Å². The van der Waals surface area contributed by atoms with Gasteiger partial charge in [-0.1, -0.05) is 6.92 Å². The molecule has 100 valence electrons. The van der Waals surface area contributed by atoms with Gasteiger partial charge in [-0.2, -0.15) is 0 Å². The zero-order valence-corrected chi connectivity index (χ0v) is 11.1. The minimum atomic E-state index is -0.522. The maximum absolute atomic E-state index is 11.3. The monoisotopic (exact) mass is 252 g/mol. The summed E-state index contributed by atoms with van der Waals surface area (Å²) >= 11 is 0. The Morgan fingerprint density at radius 2 is 2.11 bits per heavy atom. The van der Waals surface area contributed by atoms with Crippen LogP contribution in [-0.4, -0.2) is 42.7 Å². The van der Waals surface area contributed by atoms with E-state index in [2.05, 4.69) is 32.3 Å². The zero-order chi connectivity index (χ0) is 13.4. The van der Waals surface area contributed by atoms with Crippen molar-refractivity contribution in [3.8, 4) is 0 Å². The fraction of sp³-hybridized carbons (Fsp3) is 0.583. The number of carbonyl (C=O) groups excluding carboxylic acids is 1. The third-order valence-electron chi connectivity index (χ3n) is 2.26. The smallest absolute Gasteiger partial charge is 0.376 e. The molecule has 0 unspecified atom stereocenters. The second-order valence-corrected chi connectivity index (χ2v) is 3.89. The molecular weight excluding hydrogens is 232 g/mol. The van der Waals surface area contributed by atoms with Crippen LogP contribution in [-0.2, 0) is 4.74 Å². The summed E-state index contributed by atoms with van der Waals surface area (Å²) < 4.78 is 4.60. The molecule has 1 aromatic heterocycles. The Balaban J connectivity index is 2.55. The fourth-order valence-corrected chi connectivity index (χ4v) is 1.42. The fourth-order valence-electron chi connectivity index (χ4n) is 1.42. The summed E-state index contributed by atoms with van der Waals surface area (Å²) in [6, 6.07) is 1.80. The van der Waals surface area contributed by atoms with Crippen LogP contribution in [0.4, 0.5) is 5.82 Å². The number of carbonyl (C=O) groups is 1. The summed E-state index contributed by atoms with van der Waals surface area (Å²) in [5.41, 5.74) is 0.731. The highest BCUT2D eigenvalue weighted by molar-refractivity contribution is 5.85. The van der Waals surface area contributed by atoms with Crippen LogP contribution in [0.2, 0.25) is 0 Å². The van der Waals surface area contributed by atoms with Gasteiger partial charge in [0.25, 0.3) is 0 Å². The van der Waals surface area contributed by atoms with Gasteiger partial charge in [-0.3, -0.25) is 0 Å². The average Bonchev–Trinajstić information content (AvgIpc) is 2.37. The first-order chi connectivity index (χ1) is 8.67. The summed E-state index contributed by atoms with van der Waals surface area (Å²) in [4.78, 5) is 19.5. The minimum Gasteiger partial charge on any atom is -0.463 e. The van der Waals surface area contributed by atoms with Gasteiger partial charge in [0.2, 0.25) is 5.82 Å². The molecule has 6 heteroatoms. The topological polar surface area (TPSA) is 76.1 Å². The van der Waals surface area contributed by atoms with Crippen molar-refractivity contribution in [2.45, 2.75) is 20.3 Å². The lowest BCUT2D eigenvalue weighted by Gasteiger charge is -2.08. The van der Waals surface area contributed by atoms with Crippen molar-refractivity contribution < 1.29 is 9.53 Å². The maximum Gasteiger partial charge on any atom is 0.376 e. The molecule has 0 bridgehead atoms. The van der Waals surface area contributed by atoms with Crippen molar-refractivity contribution in [2.75, 3.05) is 32.1 Å². The molecule has 1 rings (SSSR count). The predicted molar refractivity (Wildman–Crippen MR) is 69.8 cm³/mol. The van der Waals surface area contributed by atoms with Crippen LogP contribution in [0.1, 0.15) is 29.7 Å². The van der Waals surface area contributed by atoms with Gasteiger partial charge >= 0.3 is 5.97 Å². The Labute approximate surface area is 107 Å². The van der Waals surface area contributed by atoms with Crippen LogP contribution in [0.15, 0.2) is 6.07 Å². The molecule has 2 N–H and O–H groups in total. The number of rotatable bonds is 7. The Kier molecular flexibility index (Phi) is 6.07. The highest BCUT2D eigenvalue weighted by atomic mass is 16.5. The second kappa shape index (κ2) is 7.60. The van der Waals surface area contributed by atoms with Crippen LogP contribution in [0, 0.1) is 6.92 Å². The molecule has 0 atom stereocenters. The van der Waals surface area contributed by atoms with E-state index in [0.717, 1.165) is 31.7 Å². The maximum atomic E-state index is 11.3. The predicted octanol–water partition coefficient (Wildman–Crippen LogP) is 0.983. The normalized spacial score (nSPS) is 10.2. The highest BCUT2D eigenvalue weighted by Crippen LogP contribution is 2.06. The molecular formula is C12H20N4O2. The molecule has 0 amide bonds. The van der Waals surface area contributed by atoms with Crippen molar-refractivity contribution in [3.05, 3.63) is 17.6 Å². The van der Waals surface area contributed by atoms with E-state index in [0.29, 0.717) is 5.82 Å². The zero-order valence-electron chi connectivity index (χ0n) is 11.1. The number of hydrogen-bond donors (Lipinski definition) is 2. The lowest BCUT2D eigenvalue weighted by atomic mass is 10.4. The largest absolute Gasteiger partial charge is 0.463 e. The Morgan fingerprint density at radius 3 is 2.78 bits per heavy atom. The van der Waals surface area contributed by atoms with Crippen LogP contribution in [0.5, 0.6) is 0 Å². The number of nitrogens with one attached hydrogen (secondary N) is 2. The molecule has 0 spiro atoms. The Morgan fingerprint density at radius 1 is 1.33 bits per heavy atom. The van der Waals surface area contributed by atoms with Gasteiger partial charge in [0.05, 0.1) is 7.11 Å². The number of nitrogens with zero attached hydrogens (tertiary/aromatic N) is 2. The van der Waals surface area contributed by atoms with Gasteiger partial charge in [-0.15, -0.1) is 0 Å². The van der Waals surface area contributed by atoms with E-state index in [9.17, 15) is 4.79 Å². The van der Waals surface area contributed by atoms with E-state index in [1.807, 2.05) is 6.92 Å². The molecule has 6 nitrogen and oxygen atoms in total. The SMILES string of the molecule is CCCNCCNc1cc(C)nc(C(=O)OC)n1. The van der Waals surface area contributed by atoms with Crippen molar-refractivity contribution in [3.63, 3.8) is 0 Å². The lowest BCUT2D eigenvalue weighted by Crippen LogP contribution is -2.23. The van der Waals surface area contributed by atoms with E-state index in [4.69, 9.17) is 0 Å². The molecule has 0 aliphatic heterocycles. The lowest BCUT2D eigenvalue weighted by molar-refractivity contribution is 0.0586. The van der Waals surface area contributed by atoms with Crippen molar-refractivity contribution in [1.82, 2.24) is 15.3 Å². The Hall–Kier alpha value is -1.69. The van der Waals surface area contributed by atoms with Crippen molar-refractivity contribution >= 4 is 11.8 Å². The summed E-state index contributed by atoms with van der Waals surface area (Å²) in [5, 5.41) is 6.41. The van der Waals surface area contributed by atoms with E-state index in [1.165, 1.54) is 7.11 Å². The number of aryl methyl sites for hydroxylation is 1. The number of esters is 1. The van der Waals surface area contributed by atoms with E-state index in [-0.39, 0.29) is 5.82 Å². The average molecular weight is 252 g/mol. The molecule has 0 fully saturated rings. The van der Waals surface area contributed by atoms with Crippen molar-refractivity contribution in [2.24, 2.45) is 0 Å². The van der Waals surface area contributed by atoms with Crippen LogP contribution >= 0.6 is 0 Å². The first kappa shape index (κ1) is 14.4. The van der Waals surface area contributed by atoms with Crippen LogP contribution in [0.3, 0.4) is 0 Å². The summed E-state index contributed by atoms with van der Waals surface area (Å²) in [5.74, 6) is 0.202. The number of ether oxygens (including phenoxy) is 1. The van der Waals surface area contributed by atoms with Gasteiger partial charge in [-0.05, 0) is 19.9 Å². The molecule has 18 heavy (non-hydrogen) atoms. The number of anilines is 1. The van der Waals surface area contributed by atoms with E-state index < -0.39 is 5.97 Å². The third kappa shape index (κ3) is 4.67. The number of aromatic nitrogens is 2. The molecule has 0 aliphatic carbocycles. The number of methoxy groups -OCH3 is 1. The third-order valence-corrected chi connectivity index (χ3v) is 2.26. The molecule has 1 aromatic rings. The van der Waals surface area contributed by atoms with Crippen molar-refractivity contribution in [1.29, 1.82) is 0 Å².